The van der Waals surface area contributed by atoms with Gasteiger partial charge < -0.3 is 15.5 Å². The number of rotatable bonds is 7. The Balaban J connectivity index is 2.00. The standard InChI is InChI=1S/C23H29N3O3/c1-15(2)20(25-21(27)19-9-7-6-8-16(19)3)22(28)24-14-17-10-12-18(13-11-17)23(29)26(4)5/h6-13,15,20H,14H2,1-5H3,(H,24,28)(H,25,27). The summed E-state index contributed by atoms with van der Waals surface area (Å²) < 4.78 is 0. The van der Waals surface area contributed by atoms with Gasteiger partial charge in [-0.05, 0) is 42.2 Å². The second-order valence-corrected chi connectivity index (χ2v) is 7.62. The van der Waals surface area contributed by atoms with E-state index in [1.165, 1.54) is 4.90 Å². The topological polar surface area (TPSA) is 78.5 Å². The number of benzene rings is 2. The average Bonchev–Trinajstić information content (AvgIpc) is 2.69. The van der Waals surface area contributed by atoms with Crippen molar-refractivity contribution in [2.24, 2.45) is 5.92 Å². The molecule has 2 aromatic carbocycles. The molecule has 0 aliphatic carbocycles. The minimum absolute atomic E-state index is 0.0666. The zero-order valence-electron chi connectivity index (χ0n) is 17.7. The maximum atomic E-state index is 12.7. The van der Waals surface area contributed by atoms with E-state index in [0.717, 1.165) is 11.1 Å². The molecule has 1 atom stereocenters. The van der Waals surface area contributed by atoms with Gasteiger partial charge in [0.05, 0.1) is 0 Å². The number of nitrogens with one attached hydrogen (secondary N) is 2. The van der Waals surface area contributed by atoms with Crippen LogP contribution in [0.3, 0.4) is 0 Å². The van der Waals surface area contributed by atoms with Gasteiger partial charge in [-0.2, -0.15) is 0 Å². The van der Waals surface area contributed by atoms with Crippen LogP contribution in [0.5, 0.6) is 0 Å². The minimum atomic E-state index is -0.642. The van der Waals surface area contributed by atoms with Crippen LogP contribution in [0.25, 0.3) is 0 Å². The van der Waals surface area contributed by atoms with Crippen molar-refractivity contribution in [2.75, 3.05) is 14.1 Å². The van der Waals surface area contributed by atoms with Gasteiger partial charge in [0.25, 0.3) is 11.8 Å². The van der Waals surface area contributed by atoms with Crippen LogP contribution in [0, 0.1) is 12.8 Å². The molecule has 6 nitrogen and oxygen atoms in total. The summed E-state index contributed by atoms with van der Waals surface area (Å²) >= 11 is 0. The third-order valence-corrected chi connectivity index (χ3v) is 4.70. The molecule has 0 aromatic heterocycles. The van der Waals surface area contributed by atoms with Crippen LogP contribution >= 0.6 is 0 Å². The zero-order chi connectivity index (χ0) is 21.6. The fourth-order valence-corrected chi connectivity index (χ4v) is 2.90. The van der Waals surface area contributed by atoms with Crippen LogP contribution in [0.4, 0.5) is 0 Å². The van der Waals surface area contributed by atoms with Crippen molar-refractivity contribution in [3.8, 4) is 0 Å². The summed E-state index contributed by atoms with van der Waals surface area (Å²) in [6.45, 7) is 5.97. The Morgan fingerprint density at radius 3 is 2.14 bits per heavy atom. The molecular weight excluding hydrogens is 366 g/mol. The van der Waals surface area contributed by atoms with Crippen LogP contribution in [-0.4, -0.2) is 42.8 Å². The molecule has 154 valence electrons. The SMILES string of the molecule is Cc1ccccc1C(=O)NC(C(=O)NCc1ccc(C(=O)N(C)C)cc1)C(C)C. The zero-order valence-corrected chi connectivity index (χ0v) is 17.7. The lowest BCUT2D eigenvalue weighted by atomic mass is 10.0. The number of carbonyl (C=O) groups is 3. The maximum absolute atomic E-state index is 12.7. The number of amides is 3. The Kier molecular flexibility index (Phi) is 7.53. The summed E-state index contributed by atoms with van der Waals surface area (Å²) in [5.74, 6) is -0.638. The van der Waals surface area contributed by atoms with Crippen LogP contribution in [0.1, 0.15) is 45.7 Å². The lowest BCUT2D eigenvalue weighted by molar-refractivity contribution is -0.124. The van der Waals surface area contributed by atoms with Crippen molar-refractivity contribution in [3.63, 3.8) is 0 Å². The Bertz CT molecular complexity index is 873. The number of hydrogen-bond acceptors (Lipinski definition) is 3. The summed E-state index contributed by atoms with van der Waals surface area (Å²) in [5, 5.41) is 5.72. The summed E-state index contributed by atoms with van der Waals surface area (Å²) in [4.78, 5) is 38.7. The van der Waals surface area contributed by atoms with Crippen molar-refractivity contribution in [3.05, 3.63) is 70.8 Å². The summed E-state index contributed by atoms with van der Waals surface area (Å²) in [7, 11) is 3.40. The fourth-order valence-electron chi connectivity index (χ4n) is 2.90. The Labute approximate surface area is 172 Å². The smallest absolute Gasteiger partial charge is 0.253 e. The predicted octanol–water partition coefficient (Wildman–Crippen LogP) is 2.77. The number of nitrogens with zero attached hydrogens (tertiary/aromatic N) is 1. The molecule has 2 N–H and O–H groups in total. The highest BCUT2D eigenvalue weighted by atomic mass is 16.2. The third-order valence-electron chi connectivity index (χ3n) is 4.70. The number of hydrogen-bond donors (Lipinski definition) is 2. The monoisotopic (exact) mass is 395 g/mol. The first-order valence-corrected chi connectivity index (χ1v) is 9.65. The summed E-state index contributed by atoms with van der Waals surface area (Å²) in [6, 6.07) is 13.7. The van der Waals surface area contributed by atoms with Crippen molar-refractivity contribution >= 4 is 17.7 Å². The first-order valence-electron chi connectivity index (χ1n) is 9.65. The highest BCUT2D eigenvalue weighted by molar-refractivity contribution is 5.98. The second kappa shape index (κ2) is 9.87. The largest absolute Gasteiger partial charge is 0.350 e. The van der Waals surface area contributed by atoms with E-state index in [1.54, 1.807) is 38.4 Å². The van der Waals surface area contributed by atoms with Gasteiger partial charge in [0, 0.05) is 31.8 Å². The van der Waals surface area contributed by atoms with Gasteiger partial charge >= 0.3 is 0 Å². The molecule has 3 amide bonds. The molecular formula is C23H29N3O3. The van der Waals surface area contributed by atoms with E-state index in [4.69, 9.17) is 0 Å². The van der Waals surface area contributed by atoms with E-state index < -0.39 is 6.04 Å². The van der Waals surface area contributed by atoms with Crippen molar-refractivity contribution in [1.29, 1.82) is 0 Å². The van der Waals surface area contributed by atoms with E-state index in [0.29, 0.717) is 17.7 Å². The van der Waals surface area contributed by atoms with Crippen molar-refractivity contribution in [2.45, 2.75) is 33.4 Å². The molecule has 0 saturated carbocycles. The first-order chi connectivity index (χ1) is 13.7. The first kappa shape index (κ1) is 22.1. The Morgan fingerprint density at radius 2 is 1.59 bits per heavy atom. The number of aryl methyl sites for hydroxylation is 1. The molecule has 0 fully saturated rings. The van der Waals surface area contributed by atoms with Crippen LogP contribution in [0.15, 0.2) is 48.5 Å². The van der Waals surface area contributed by atoms with E-state index in [1.807, 2.05) is 45.0 Å². The van der Waals surface area contributed by atoms with E-state index in [2.05, 4.69) is 10.6 Å². The Morgan fingerprint density at radius 1 is 0.966 bits per heavy atom. The third kappa shape index (κ3) is 5.91. The highest BCUT2D eigenvalue weighted by Gasteiger charge is 2.25. The lowest BCUT2D eigenvalue weighted by Gasteiger charge is -2.22. The van der Waals surface area contributed by atoms with Crippen molar-refractivity contribution < 1.29 is 14.4 Å². The molecule has 2 rings (SSSR count). The predicted molar refractivity (Wildman–Crippen MR) is 114 cm³/mol. The lowest BCUT2D eigenvalue weighted by Crippen LogP contribution is -2.49. The molecule has 0 bridgehead atoms. The summed E-state index contributed by atoms with van der Waals surface area (Å²) in [5.41, 5.74) is 2.89. The molecule has 1 unspecified atom stereocenters. The molecule has 29 heavy (non-hydrogen) atoms. The van der Waals surface area contributed by atoms with Crippen molar-refractivity contribution in [1.82, 2.24) is 15.5 Å². The van der Waals surface area contributed by atoms with E-state index in [9.17, 15) is 14.4 Å². The normalized spacial score (nSPS) is 11.7. The van der Waals surface area contributed by atoms with Crippen LogP contribution < -0.4 is 10.6 Å². The Hall–Kier alpha value is -3.15. The second-order valence-electron chi connectivity index (χ2n) is 7.62. The quantitative estimate of drug-likeness (QED) is 0.757. The average molecular weight is 396 g/mol. The molecule has 0 spiro atoms. The fraction of sp³-hybridized carbons (Fsp3) is 0.348. The minimum Gasteiger partial charge on any atom is -0.350 e. The van der Waals surface area contributed by atoms with E-state index >= 15 is 0 Å². The molecule has 0 aliphatic heterocycles. The molecule has 0 aliphatic rings. The van der Waals surface area contributed by atoms with Gasteiger partial charge in [-0.15, -0.1) is 0 Å². The van der Waals surface area contributed by atoms with Gasteiger partial charge in [0.15, 0.2) is 0 Å². The van der Waals surface area contributed by atoms with Gasteiger partial charge in [-0.25, -0.2) is 0 Å². The highest BCUT2D eigenvalue weighted by Crippen LogP contribution is 2.10. The van der Waals surface area contributed by atoms with E-state index in [-0.39, 0.29) is 23.6 Å². The maximum Gasteiger partial charge on any atom is 0.253 e. The van der Waals surface area contributed by atoms with Crippen LogP contribution in [-0.2, 0) is 11.3 Å². The van der Waals surface area contributed by atoms with Crippen LogP contribution in [0.2, 0.25) is 0 Å². The van der Waals surface area contributed by atoms with Gasteiger partial charge in [0.2, 0.25) is 5.91 Å². The van der Waals surface area contributed by atoms with Gasteiger partial charge in [-0.1, -0.05) is 44.2 Å². The molecule has 2 aromatic rings. The summed E-state index contributed by atoms with van der Waals surface area (Å²) in [6.07, 6.45) is 0. The molecule has 6 heteroatoms. The molecule has 0 heterocycles. The number of carbonyl (C=O) groups excluding carboxylic acids is 3. The van der Waals surface area contributed by atoms with Gasteiger partial charge in [0.1, 0.15) is 6.04 Å². The molecule has 0 saturated heterocycles. The van der Waals surface area contributed by atoms with Gasteiger partial charge in [-0.3, -0.25) is 14.4 Å². The molecule has 0 radical (unpaired) electrons.